The fraction of sp³-hybridized carbons (Fsp3) is 0.684. The maximum absolute atomic E-state index is 13.1. The molecule has 1 aromatic rings. The number of methoxy groups -OCH3 is 1. The molecule has 4 rings (SSSR count). The fourth-order valence-corrected chi connectivity index (χ4v) is 6.15. The Hall–Kier alpha value is -1.48. The number of hydrogen-bond acceptors (Lipinski definition) is 5. The largest absolute Gasteiger partial charge is 0.534 e. The highest BCUT2D eigenvalue weighted by molar-refractivity contribution is 7.88. The van der Waals surface area contributed by atoms with Gasteiger partial charge in [-0.3, -0.25) is 0 Å². The van der Waals surface area contributed by atoms with Crippen molar-refractivity contribution in [3.05, 3.63) is 23.3 Å². The number of ether oxygens (including phenoxy) is 1. The van der Waals surface area contributed by atoms with Gasteiger partial charge < -0.3 is 13.8 Å². The summed E-state index contributed by atoms with van der Waals surface area (Å²) in [6.45, 7) is 0.823. The van der Waals surface area contributed by atoms with Crippen molar-refractivity contribution in [1.82, 2.24) is 4.90 Å². The number of piperidine rings is 1. The number of rotatable bonds is 3. The van der Waals surface area contributed by atoms with Crippen LogP contribution in [0.1, 0.15) is 43.2 Å². The summed E-state index contributed by atoms with van der Waals surface area (Å²) in [5.41, 5.74) is -4.38. The molecule has 3 aliphatic rings. The second kappa shape index (κ2) is 6.52. The van der Waals surface area contributed by atoms with Gasteiger partial charge in [-0.1, -0.05) is 18.9 Å². The maximum atomic E-state index is 13.1. The van der Waals surface area contributed by atoms with E-state index in [2.05, 4.69) is 11.9 Å². The van der Waals surface area contributed by atoms with E-state index in [9.17, 15) is 21.6 Å². The highest BCUT2D eigenvalue weighted by Gasteiger charge is 2.56. The summed E-state index contributed by atoms with van der Waals surface area (Å²) >= 11 is 0. The molecule has 2 aliphatic carbocycles. The number of benzene rings is 1. The van der Waals surface area contributed by atoms with E-state index in [1.807, 2.05) is 6.07 Å². The Morgan fingerprint density at radius 3 is 2.64 bits per heavy atom. The molecule has 2 fully saturated rings. The third-order valence-corrected chi connectivity index (χ3v) is 7.82. The molecular weight excluding hydrogens is 395 g/mol. The molecule has 5 nitrogen and oxygen atoms in total. The van der Waals surface area contributed by atoms with E-state index >= 15 is 0 Å². The maximum Gasteiger partial charge on any atom is 0.534 e. The molecule has 0 radical (unpaired) electrons. The third-order valence-electron chi connectivity index (χ3n) is 6.87. The van der Waals surface area contributed by atoms with Crippen molar-refractivity contribution in [2.24, 2.45) is 5.92 Å². The van der Waals surface area contributed by atoms with Gasteiger partial charge in [0, 0.05) is 17.0 Å². The molecule has 0 amide bonds. The summed E-state index contributed by atoms with van der Waals surface area (Å²) in [5.74, 6) is 0.0328. The second-order valence-corrected chi connectivity index (χ2v) is 9.66. The van der Waals surface area contributed by atoms with Gasteiger partial charge in [-0.25, -0.2) is 0 Å². The number of nitrogens with zero attached hydrogens (tertiary/aromatic N) is 1. The van der Waals surface area contributed by atoms with Crippen molar-refractivity contribution in [2.75, 3.05) is 20.7 Å². The Bertz CT molecular complexity index is 886. The number of likely N-dealkylation sites (tertiary alicyclic amines) is 1. The molecule has 0 aromatic heterocycles. The summed E-state index contributed by atoms with van der Waals surface area (Å²) in [5, 5.41) is 0. The summed E-state index contributed by atoms with van der Waals surface area (Å²) in [6, 6.07) is 3.66. The molecule has 2 bridgehead atoms. The first kappa shape index (κ1) is 19.8. The summed E-state index contributed by atoms with van der Waals surface area (Å²) in [4.78, 5) is 2.33. The van der Waals surface area contributed by atoms with Gasteiger partial charge in [0.2, 0.25) is 0 Å². The quantitative estimate of drug-likeness (QED) is 0.553. The van der Waals surface area contributed by atoms with Gasteiger partial charge in [-0.2, -0.15) is 21.6 Å². The predicted molar refractivity (Wildman–Crippen MR) is 97.0 cm³/mol. The van der Waals surface area contributed by atoms with Crippen LogP contribution in [0.3, 0.4) is 0 Å². The molecule has 9 heteroatoms. The van der Waals surface area contributed by atoms with Crippen molar-refractivity contribution in [2.45, 2.75) is 55.5 Å². The molecule has 1 unspecified atom stereocenters. The van der Waals surface area contributed by atoms with Crippen molar-refractivity contribution >= 4 is 10.1 Å². The molecular formula is C19H24F3NO4S. The number of alkyl halides is 3. The van der Waals surface area contributed by atoms with Crippen LogP contribution in [-0.4, -0.2) is 45.6 Å². The zero-order valence-electron chi connectivity index (χ0n) is 15.9. The lowest BCUT2D eigenvalue weighted by molar-refractivity contribution is -0.0503. The Morgan fingerprint density at radius 2 is 1.96 bits per heavy atom. The number of likely N-dealkylation sites (N-methyl/N-ethyl adjacent to an activating group) is 1. The lowest BCUT2D eigenvalue weighted by atomic mass is 9.52. The van der Waals surface area contributed by atoms with E-state index in [0.29, 0.717) is 18.0 Å². The van der Waals surface area contributed by atoms with Crippen LogP contribution in [0.2, 0.25) is 0 Å². The van der Waals surface area contributed by atoms with Gasteiger partial charge in [0.1, 0.15) is 0 Å². The lowest BCUT2D eigenvalue weighted by Gasteiger charge is -2.58. The Morgan fingerprint density at radius 1 is 1.21 bits per heavy atom. The van der Waals surface area contributed by atoms with Gasteiger partial charge in [0.15, 0.2) is 11.5 Å². The van der Waals surface area contributed by atoms with E-state index < -0.39 is 15.6 Å². The Labute approximate surface area is 162 Å². The number of halogens is 3. The first-order chi connectivity index (χ1) is 13.1. The molecule has 28 heavy (non-hydrogen) atoms. The Kier molecular flexibility index (Phi) is 4.61. The topological polar surface area (TPSA) is 55.8 Å². The standard InChI is InChI=1S/C19H24F3NO4S/c1-23-10-9-18-8-4-3-5-13(18)14(23)11-12-6-7-15(26-2)17(16(12)18)27-28(24,25)19(20,21)22/h6-7,13-14H,3-5,8-11H2,1-2H3/t13?,14-,18-/m0/s1. The van der Waals surface area contributed by atoms with Crippen molar-refractivity contribution < 1.29 is 30.5 Å². The van der Waals surface area contributed by atoms with Crippen LogP contribution in [0.25, 0.3) is 0 Å². The van der Waals surface area contributed by atoms with Gasteiger partial charge >= 0.3 is 15.6 Å². The van der Waals surface area contributed by atoms with E-state index in [0.717, 1.165) is 44.2 Å². The second-order valence-electron chi connectivity index (χ2n) is 8.12. The third kappa shape index (κ3) is 2.81. The van der Waals surface area contributed by atoms with Crippen LogP contribution in [0.15, 0.2) is 12.1 Å². The molecule has 156 valence electrons. The molecule has 3 atom stereocenters. The van der Waals surface area contributed by atoms with Crippen LogP contribution < -0.4 is 8.92 Å². The van der Waals surface area contributed by atoms with Crippen LogP contribution in [0, 0.1) is 5.92 Å². The summed E-state index contributed by atoms with van der Waals surface area (Å²) in [7, 11) is -2.39. The first-order valence-electron chi connectivity index (χ1n) is 9.52. The molecule has 1 aliphatic heterocycles. The smallest absolute Gasteiger partial charge is 0.493 e. The minimum Gasteiger partial charge on any atom is -0.493 e. The Balaban J connectivity index is 1.93. The fourth-order valence-electron chi connectivity index (χ4n) is 5.67. The monoisotopic (exact) mass is 419 g/mol. The van der Waals surface area contributed by atoms with E-state index in [1.54, 1.807) is 0 Å². The molecule has 0 spiro atoms. The van der Waals surface area contributed by atoms with Crippen LogP contribution in [-0.2, 0) is 22.0 Å². The summed E-state index contributed by atoms with van der Waals surface area (Å²) in [6.07, 6.45) is 5.29. The molecule has 0 N–H and O–H groups in total. The zero-order chi connectivity index (χ0) is 20.3. The molecule has 1 aromatic carbocycles. The zero-order valence-corrected chi connectivity index (χ0v) is 16.7. The number of hydrogen-bond donors (Lipinski definition) is 0. The highest BCUT2D eigenvalue weighted by Crippen LogP contribution is 2.59. The highest BCUT2D eigenvalue weighted by atomic mass is 32.2. The van der Waals surface area contributed by atoms with Crippen molar-refractivity contribution in [1.29, 1.82) is 0 Å². The predicted octanol–water partition coefficient (Wildman–Crippen LogP) is 3.61. The van der Waals surface area contributed by atoms with Gasteiger partial charge in [0.25, 0.3) is 0 Å². The van der Waals surface area contributed by atoms with Gasteiger partial charge in [-0.15, -0.1) is 0 Å². The minimum atomic E-state index is -5.79. The van der Waals surface area contributed by atoms with Gasteiger partial charge in [-0.05, 0) is 56.8 Å². The van der Waals surface area contributed by atoms with Gasteiger partial charge in [0.05, 0.1) is 7.11 Å². The molecule has 1 saturated heterocycles. The van der Waals surface area contributed by atoms with Crippen LogP contribution in [0.5, 0.6) is 11.5 Å². The SMILES string of the molecule is COc1ccc2c(c1OS(=O)(=O)C(F)(F)F)[C@]13CCCCC1[C@H](C2)N(C)CC3. The summed E-state index contributed by atoms with van der Waals surface area (Å²) < 4.78 is 72.9. The first-order valence-corrected chi connectivity index (χ1v) is 10.9. The van der Waals surface area contributed by atoms with E-state index in [1.165, 1.54) is 13.2 Å². The van der Waals surface area contributed by atoms with E-state index in [-0.39, 0.29) is 22.8 Å². The van der Waals surface area contributed by atoms with Crippen LogP contribution in [0.4, 0.5) is 13.2 Å². The molecule has 1 saturated carbocycles. The average Bonchev–Trinajstić information content (AvgIpc) is 2.63. The normalized spacial score (nSPS) is 30.3. The number of fused-ring (bicyclic) bond motifs is 1. The van der Waals surface area contributed by atoms with Crippen molar-refractivity contribution in [3.63, 3.8) is 0 Å². The van der Waals surface area contributed by atoms with E-state index in [4.69, 9.17) is 8.92 Å². The lowest BCUT2D eigenvalue weighted by Crippen LogP contribution is -2.60. The average molecular weight is 419 g/mol. The van der Waals surface area contributed by atoms with Crippen molar-refractivity contribution in [3.8, 4) is 11.5 Å². The minimum absolute atomic E-state index is 0.0302. The van der Waals surface area contributed by atoms with Crippen LogP contribution >= 0.6 is 0 Å². The molecule has 1 heterocycles.